The van der Waals surface area contributed by atoms with E-state index in [-0.39, 0.29) is 17.7 Å². The van der Waals surface area contributed by atoms with E-state index in [2.05, 4.69) is 27.8 Å². The molecule has 0 saturated carbocycles. The third-order valence-corrected chi connectivity index (χ3v) is 4.21. The molecule has 3 rings (SSSR count). The summed E-state index contributed by atoms with van der Waals surface area (Å²) in [5.74, 6) is -0.677. The summed E-state index contributed by atoms with van der Waals surface area (Å²) in [5, 5.41) is 3.96. The monoisotopic (exact) mass is 375 g/mol. The number of fused-ring (bicyclic) bond motifs is 3. The Morgan fingerprint density at radius 1 is 1.30 bits per heavy atom. The first kappa shape index (κ1) is 15.4. The highest BCUT2D eigenvalue weighted by atomic mass is 79.9. The molecule has 0 aliphatic heterocycles. The fraction of sp³-hybridized carbons (Fsp3) is 0.0588. The van der Waals surface area contributed by atoms with Gasteiger partial charge in [-0.1, -0.05) is 12.1 Å². The highest BCUT2D eigenvalue weighted by molar-refractivity contribution is 9.10. The molecule has 116 valence electrons. The van der Waals surface area contributed by atoms with Gasteiger partial charge in [-0.3, -0.25) is 4.79 Å². The average molecular weight is 376 g/mol. The summed E-state index contributed by atoms with van der Waals surface area (Å²) in [6.07, 6.45) is 1.64. The molecule has 0 spiro atoms. The molecule has 0 bridgehead atoms. The molecule has 3 aromatic rings. The molecule has 1 amide bonds. The van der Waals surface area contributed by atoms with Crippen molar-refractivity contribution in [2.45, 2.75) is 6.42 Å². The predicted molar refractivity (Wildman–Crippen MR) is 91.1 cm³/mol. The Hall–Kier alpha value is -2.47. The van der Waals surface area contributed by atoms with E-state index < -0.39 is 11.4 Å². The van der Waals surface area contributed by atoms with E-state index in [1.54, 1.807) is 12.1 Å². The van der Waals surface area contributed by atoms with Crippen LogP contribution in [0.5, 0.6) is 0 Å². The van der Waals surface area contributed by atoms with Crippen LogP contribution in [-0.4, -0.2) is 5.91 Å². The van der Waals surface area contributed by atoms with Crippen LogP contribution in [0.4, 0.5) is 10.1 Å². The zero-order valence-corrected chi connectivity index (χ0v) is 13.4. The van der Waals surface area contributed by atoms with Crippen LogP contribution in [0, 0.1) is 5.82 Å². The summed E-state index contributed by atoms with van der Waals surface area (Å²) in [5.41, 5.74) is 0.178. The van der Waals surface area contributed by atoms with E-state index in [0.29, 0.717) is 26.5 Å². The molecule has 0 unspecified atom stereocenters. The molecule has 0 aliphatic carbocycles. The fourth-order valence-corrected chi connectivity index (χ4v) is 2.99. The maximum absolute atomic E-state index is 13.5. The minimum Gasteiger partial charge on any atom is -0.422 e. The van der Waals surface area contributed by atoms with Gasteiger partial charge in [-0.25, -0.2) is 9.18 Å². The maximum atomic E-state index is 13.5. The minimum absolute atomic E-state index is 0.155. The highest BCUT2D eigenvalue weighted by Crippen LogP contribution is 2.33. The molecule has 23 heavy (non-hydrogen) atoms. The van der Waals surface area contributed by atoms with E-state index in [1.165, 1.54) is 24.3 Å². The second-order valence-corrected chi connectivity index (χ2v) is 5.71. The van der Waals surface area contributed by atoms with Crippen LogP contribution in [0.25, 0.3) is 21.7 Å². The minimum atomic E-state index is -0.564. The van der Waals surface area contributed by atoms with Crippen LogP contribution >= 0.6 is 15.9 Å². The Labute approximate surface area is 138 Å². The Bertz CT molecular complexity index is 1010. The van der Waals surface area contributed by atoms with Crippen molar-refractivity contribution in [2.75, 3.05) is 5.32 Å². The largest absolute Gasteiger partial charge is 0.422 e. The van der Waals surface area contributed by atoms with E-state index in [4.69, 9.17) is 4.42 Å². The lowest BCUT2D eigenvalue weighted by atomic mass is 10.1. The standard InChI is InChI=1S/C17H11BrFNO3/c1-2-3-14(21)20-12-6-5-10-11-8-9(19)4-7-13(11)23-17(22)15(10)16(12)18/h2,4-8H,1,3H2,(H,20,21). The van der Waals surface area contributed by atoms with Gasteiger partial charge in [-0.15, -0.1) is 6.58 Å². The molecular formula is C17H11BrFNO3. The van der Waals surface area contributed by atoms with Crippen molar-refractivity contribution in [1.82, 2.24) is 0 Å². The van der Waals surface area contributed by atoms with E-state index in [9.17, 15) is 14.0 Å². The molecule has 4 nitrogen and oxygen atoms in total. The van der Waals surface area contributed by atoms with Gasteiger partial charge in [0.1, 0.15) is 11.4 Å². The van der Waals surface area contributed by atoms with Gasteiger partial charge in [0, 0.05) is 17.2 Å². The van der Waals surface area contributed by atoms with Gasteiger partial charge in [-0.2, -0.15) is 0 Å². The van der Waals surface area contributed by atoms with E-state index in [1.807, 2.05) is 0 Å². The molecule has 1 aromatic heterocycles. The first-order valence-electron chi connectivity index (χ1n) is 6.76. The van der Waals surface area contributed by atoms with Gasteiger partial charge in [-0.05, 0) is 40.2 Å². The van der Waals surface area contributed by atoms with Gasteiger partial charge in [0.25, 0.3) is 0 Å². The van der Waals surface area contributed by atoms with Crippen molar-refractivity contribution >= 4 is 49.3 Å². The van der Waals surface area contributed by atoms with Gasteiger partial charge in [0.05, 0.1) is 15.5 Å². The number of amides is 1. The first-order chi connectivity index (χ1) is 11.0. The summed E-state index contributed by atoms with van der Waals surface area (Å²) in [6.45, 7) is 3.50. The number of rotatable bonds is 3. The van der Waals surface area contributed by atoms with Crippen LogP contribution < -0.4 is 10.9 Å². The lowest BCUT2D eigenvalue weighted by molar-refractivity contribution is -0.115. The van der Waals surface area contributed by atoms with Crippen LogP contribution in [0.15, 0.2) is 56.7 Å². The highest BCUT2D eigenvalue weighted by Gasteiger charge is 2.15. The van der Waals surface area contributed by atoms with Crippen molar-refractivity contribution in [3.05, 3.63) is 63.7 Å². The number of carbonyl (C=O) groups excluding carboxylic acids is 1. The van der Waals surface area contributed by atoms with Crippen LogP contribution in [0.1, 0.15) is 6.42 Å². The number of anilines is 1. The Balaban J connectivity index is 2.27. The zero-order chi connectivity index (χ0) is 16.6. The Morgan fingerprint density at radius 3 is 2.83 bits per heavy atom. The summed E-state index contributed by atoms with van der Waals surface area (Å²) in [7, 11) is 0. The SMILES string of the molecule is C=CCC(=O)Nc1ccc2c(c1Br)c(=O)oc1ccc(F)cc12. The maximum Gasteiger partial charge on any atom is 0.345 e. The van der Waals surface area contributed by atoms with E-state index in [0.717, 1.165) is 0 Å². The fourth-order valence-electron chi connectivity index (χ4n) is 2.38. The molecule has 0 radical (unpaired) electrons. The van der Waals surface area contributed by atoms with Crippen LogP contribution in [0.2, 0.25) is 0 Å². The molecule has 1 N–H and O–H groups in total. The summed E-state index contributed by atoms with van der Waals surface area (Å²) >= 11 is 3.32. The third-order valence-electron chi connectivity index (χ3n) is 3.38. The molecular weight excluding hydrogens is 365 g/mol. The number of nitrogens with one attached hydrogen (secondary N) is 1. The van der Waals surface area contributed by atoms with Gasteiger partial charge in [0.2, 0.25) is 5.91 Å². The summed E-state index contributed by atoms with van der Waals surface area (Å²) in [4.78, 5) is 23.9. The van der Waals surface area contributed by atoms with Crippen molar-refractivity contribution in [2.24, 2.45) is 0 Å². The van der Waals surface area contributed by atoms with Gasteiger partial charge >= 0.3 is 5.63 Å². The molecule has 0 fully saturated rings. The first-order valence-corrected chi connectivity index (χ1v) is 7.56. The molecule has 1 heterocycles. The normalized spacial score (nSPS) is 10.9. The molecule has 0 aliphatic rings. The topological polar surface area (TPSA) is 59.3 Å². The zero-order valence-electron chi connectivity index (χ0n) is 11.9. The predicted octanol–water partition coefficient (Wildman–Crippen LogP) is 4.36. The summed E-state index contributed by atoms with van der Waals surface area (Å²) in [6, 6.07) is 7.26. The second kappa shape index (κ2) is 5.96. The average Bonchev–Trinajstić information content (AvgIpc) is 2.50. The Morgan fingerprint density at radius 2 is 2.09 bits per heavy atom. The Kier molecular flexibility index (Phi) is 4.00. The summed E-state index contributed by atoms with van der Waals surface area (Å²) < 4.78 is 19.1. The second-order valence-electron chi connectivity index (χ2n) is 4.92. The van der Waals surface area contributed by atoms with Crippen LogP contribution in [-0.2, 0) is 4.79 Å². The number of hydrogen-bond donors (Lipinski definition) is 1. The lowest BCUT2D eigenvalue weighted by Gasteiger charge is -2.10. The molecule has 2 aromatic carbocycles. The molecule has 0 atom stereocenters. The van der Waals surface area contributed by atoms with Gasteiger partial charge in [0.15, 0.2) is 0 Å². The van der Waals surface area contributed by atoms with Crippen molar-refractivity contribution in [3.63, 3.8) is 0 Å². The number of benzene rings is 2. The van der Waals surface area contributed by atoms with Crippen molar-refractivity contribution in [3.8, 4) is 0 Å². The molecule has 6 heteroatoms. The van der Waals surface area contributed by atoms with Crippen molar-refractivity contribution < 1.29 is 13.6 Å². The number of halogens is 2. The van der Waals surface area contributed by atoms with E-state index >= 15 is 0 Å². The van der Waals surface area contributed by atoms with Crippen molar-refractivity contribution in [1.29, 1.82) is 0 Å². The molecule has 0 saturated heterocycles. The van der Waals surface area contributed by atoms with Gasteiger partial charge < -0.3 is 9.73 Å². The third kappa shape index (κ3) is 2.77. The number of hydrogen-bond acceptors (Lipinski definition) is 3. The van der Waals surface area contributed by atoms with Crippen LogP contribution in [0.3, 0.4) is 0 Å². The smallest absolute Gasteiger partial charge is 0.345 e. The quantitative estimate of drug-likeness (QED) is 0.420. The number of carbonyl (C=O) groups is 1. The lowest BCUT2D eigenvalue weighted by Crippen LogP contribution is -2.11.